The van der Waals surface area contributed by atoms with Crippen LogP contribution in [0.3, 0.4) is 0 Å². The highest BCUT2D eigenvalue weighted by atomic mass is 16.5. The molecule has 0 atom stereocenters. The Kier molecular flexibility index (Phi) is 5.17. The van der Waals surface area contributed by atoms with E-state index in [4.69, 9.17) is 14.7 Å². The lowest BCUT2D eigenvalue weighted by atomic mass is 10.2. The number of hydrogen-bond donors (Lipinski definition) is 1. The zero-order valence-electron chi connectivity index (χ0n) is 9.62. The number of para-hydroxylation sites is 1. The summed E-state index contributed by atoms with van der Waals surface area (Å²) in [7, 11) is 1.59. The second kappa shape index (κ2) is 6.70. The summed E-state index contributed by atoms with van der Waals surface area (Å²) < 4.78 is 10.6. The van der Waals surface area contributed by atoms with E-state index in [0.717, 1.165) is 12.1 Å². The molecule has 0 aliphatic rings. The Morgan fingerprint density at radius 3 is 2.88 bits per heavy atom. The molecule has 86 valence electrons. The molecule has 0 spiro atoms. The lowest BCUT2D eigenvalue weighted by molar-refractivity contribution is 0.325. The fraction of sp³-hybridized carbons (Fsp3) is 0.417. The fourth-order valence-corrected chi connectivity index (χ4v) is 1.39. The van der Waals surface area contributed by atoms with Crippen molar-refractivity contribution in [1.29, 1.82) is 5.26 Å². The summed E-state index contributed by atoms with van der Waals surface area (Å²) in [5, 5.41) is 11.7. The molecule has 1 aromatic carbocycles. The minimum atomic E-state index is 0.0273. The summed E-state index contributed by atoms with van der Waals surface area (Å²) in [6.07, 6.45) is 0. The summed E-state index contributed by atoms with van der Waals surface area (Å²) in [6.45, 7) is 3.65. The quantitative estimate of drug-likeness (QED) is 0.793. The van der Waals surface area contributed by atoms with E-state index < -0.39 is 0 Å². The molecule has 0 aliphatic heterocycles. The number of nitriles is 1. The van der Waals surface area contributed by atoms with Gasteiger partial charge in [-0.15, -0.1) is 0 Å². The van der Waals surface area contributed by atoms with Crippen LogP contribution >= 0.6 is 0 Å². The number of nitrogens with one attached hydrogen (secondary N) is 1. The van der Waals surface area contributed by atoms with Gasteiger partial charge in [0.2, 0.25) is 0 Å². The van der Waals surface area contributed by atoms with Gasteiger partial charge in [-0.2, -0.15) is 5.26 Å². The molecule has 1 rings (SSSR count). The van der Waals surface area contributed by atoms with Gasteiger partial charge < -0.3 is 14.8 Å². The smallest absolute Gasteiger partial charge is 0.174 e. The standard InChI is InChI=1S/C12H16N2O2/c1-3-14-9-10-5-4-6-11(15-2)12(10)16-8-7-13/h4-6,14H,3,8-9H2,1-2H3. The zero-order chi connectivity index (χ0) is 11.8. The molecule has 0 aliphatic carbocycles. The average Bonchev–Trinajstić information content (AvgIpc) is 2.33. The predicted molar refractivity (Wildman–Crippen MR) is 61.5 cm³/mol. The van der Waals surface area contributed by atoms with Crippen LogP contribution in [0.1, 0.15) is 12.5 Å². The Labute approximate surface area is 95.8 Å². The van der Waals surface area contributed by atoms with Crippen molar-refractivity contribution >= 4 is 0 Å². The number of hydrogen-bond acceptors (Lipinski definition) is 4. The summed E-state index contributed by atoms with van der Waals surface area (Å²) >= 11 is 0. The van der Waals surface area contributed by atoms with E-state index in [9.17, 15) is 0 Å². The number of benzene rings is 1. The topological polar surface area (TPSA) is 54.3 Å². The van der Waals surface area contributed by atoms with Crippen molar-refractivity contribution < 1.29 is 9.47 Å². The van der Waals surface area contributed by atoms with Crippen LogP contribution in [0.2, 0.25) is 0 Å². The van der Waals surface area contributed by atoms with Crippen LogP contribution in [0.4, 0.5) is 0 Å². The van der Waals surface area contributed by atoms with Gasteiger partial charge in [-0.25, -0.2) is 0 Å². The van der Waals surface area contributed by atoms with Crippen molar-refractivity contribution in [3.8, 4) is 17.6 Å². The molecule has 0 amide bonds. The van der Waals surface area contributed by atoms with E-state index in [1.54, 1.807) is 7.11 Å². The van der Waals surface area contributed by atoms with Gasteiger partial charge in [0.1, 0.15) is 6.07 Å². The second-order valence-electron chi connectivity index (χ2n) is 3.18. The van der Waals surface area contributed by atoms with Crippen molar-refractivity contribution in [3.05, 3.63) is 23.8 Å². The molecule has 16 heavy (non-hydrogen) atoms. The Balaban J connectivity index is 2.91. The largest absolute Gasteiger partial charge is 0.493 e. The molecule has 0 saturated heterocycles. The van der Waals surface area contributed by atoms with Gasteiger partial charge >= 0.3 is 0 Å². The molecule has 4 nitrogen and oxygen atoms in total. The Hall–Kier alpha value is -1.73. The molecule has 0 unspecified atom stereocenters. The van der Waals surface area contributed by atoms with Gasteiger partial charge in [0, 0.05) is 12.1 Å². The highest BCUT2D eigenvalue weighted by molar-refractivity contribution is 5.46. The van der Waals surface area contributed by atoms with Crippen LogP contribution in [0.25, 0.3) is 0 Å². The molecule has 0 radical (unpaired) electrons. The third kappa shape index (κ3) is 3.14. The second-order valence-corrected chi connectivity index (χ2v) is 3.18. The van der Waals surface area contributed by atoms with Crippen molar-refractivity contribution in [2.75, 3.05) is 20.3 Å². The van der Waals surface area contributed by atoms with Gasteiger partial charge in [-0.3, -0.25) is 0 Å². The number of nitrogens with zero attached hydrogens (tertiary/aromatic N) is 1. The maximum Gasteiger partial charge on any atom is 0.174 e. The number of rotatable bonds is 6. The van der Waals surface area contributed by atoms with Crippen LogP contribution in [0, 0.1) is 11.3 Å². The molecule has 0 fully saturated rings. The van der Waals surface area contributed by atoms with E-state index in [1.807, 2.05) is 31.2 Å². The maximum atomic E-state index is 8.53. The molecule has 0 aromatic heterocycles. The van der Waals surface area contributed by atoms with E-state index in [-0.39, 0.29) is 6.61 Å². The summed E-state index contributed by atoms with van der Waals surface area (Å²) in [6, 6.07) is 7.64. The average molecular weight is 220 g/mol. The molecular weight excluding hydrogens is 204 g/mol. The van der Waals surface area contributed by atoms with Gasteiger partial charge in [-0.05, 0) is 12.6 Å². The lowest BCUT2D eigenvalue weighted by Crippen LogP contribution is -2.13. The van der Waals surface area contributed by atoms with Crippen LogP contribution < -0.4 is 14.8 Å². The summed E-state index contributed by atoms with van der Waals surface area (Å²) in [5.74, 6) is 1.30. The van der Waals surface area contributed by atoms with Crippen molar-refractivity contribution in [3.63, 3.8) is 0 Å². The third-order valence-corrected chi connectivity index (χ3v) is 2.13. The fourth-order valence-electron chi connectivity index (χ4n) is 1.39. The van der Waals surface area contributed by atoms with Crippen LogP contribution in [-0.4, -0.2) is 20.3 Å². The molecule has 0 bridgehead atoms. The van der Waals surface area contributed by atoms with Gasteiger partial charge in [-0.1, -0.05) is 19.1 Å². The molecule has 1 aromatic rings. The molecule has 0 heterocycles. The number of ether oxygens (including phenoxy) is 2. The van der Waals surface area contributed by atoms with Crippen LogP contribution in [-0.2, 0) is 6.54 Å². The van der Waals surface area contributed by atoms with Crippen molar-refractivity contribution in [2.24, 2.45) is 0 Å². The number of methoxy groups -OCH3 is 1. The van der Waals surface area contributed by atoms with Gasteiger partial charge in [0.05, 0.1) is 7.11 Å². The van der Waals surface area contributed by atoms with E-state index in [0.29, 0.717) is 18.0 Å². The first kappa shape index (κ1) is 12.3. The van der Waals surface area contributed by atoms with Crippen molar-refractivity contribution in [1.82, 2.24) is 5.32 Å². The highest BCUT2D eigenvalue weighted by Gasteiger charge is 2.09. The first-order chi connectivity index (χ1) is 7.83. The molecule has 1 N–H and O–H groups in total. The van der Waals surface area contributed by atoms with Crippen molar-refractivity contribution in [2.45, 2.75) is 13.5 Å². The molecule has 0 saturated carbocycles. The van der Waals surface area contributed by atoms with E-state index in [1.165, 1.54) is 0 Å². The van der Waals surface area contributed by atoms with E-state index >= 15 is 0 Å². The Morgan fingerprint density at radius 1 is 1.44 bits per heavy atom. The zero-order valence-corrected chi connectivity index (χ0v) is 9.62. The normalized spacial score (nSPS) is 9.56. The first-order valence-electron chi connectivity index (χ1n) is 5.19. The minimum absolute atomic E-state index is 0.0273. The first-order valence-corrected chi connectivity index (χ1v) is 5.19. The minimum Gasteiger partial charge on any atom is -0.493 e. The molecule has 4 heteroatoms. The monoisotopic (exact) mass is 220 g/mol. The maximum absolute atomic E-state index is 8.53. The highest BCUT2D eigenvalue weighted by Crippen LogP contribution is 2.30. The SMILES string of the molecule is CCNCc1cccc(OC)c1OCC#N. The predicted octanol–water partition coefficient (Wildman–Crippen LogP) is 1.71. The summed E-state index contributed by atoms with van der Waals surface area (Å²) in [4.78, 5) is 0. The van der Waals surface area contributed by atoms with Crippen LogP contribution in [0.5, 0.6) is 11.5 Å². The van der Waals surface area contributed by atoms with Crippen LogP contribution in [0.15, 0.2) is 18.2 Å². The lowest BCUT2D eigenvalue weighted by Gasteiger charge is -2.13. The summed E-state index contributed by atoms with van der Waals surface area (Å²) in [5.41, 5.74) is 0.997. The van der Waals surface area contributed by atoms with Gasteiger partial charge in [0.25, 0.3) is 0 Å². The third-order valence-electron chi connectivity index (χ3n) is 2.13. The van der Waals surface area contributed by atoms with Gasteiger partial charge in [0.15, 0.2) is 18.1 Å². The Bertz CT molecular complexity index is 372. The molecular formula is C12H16N2O2. The Morgan fingerprint density at radius 2 is 2.25 bits per heavy atom. The van der Waals surface area contributed by atoms with E-state index in [2.05, 4.69) is 5.32 Å².